The lowest BCUT2D eigenvalue weighted by molar-refractivity contribution is 0.130. The molecule has 156 valence electrons. The molecule has 1 aromatic heterocycles. The van der Waals surface area contributed by atoms with Crippen molar-refractivity contribution in [2.75, 3.05) is 0 Å². The summed E-state index contributed by atoms with van der Waals surface area (Å²) in [7, 11) is 0. The first-order valence-electron chi connectivity index (χ1n) is 9.98. The van der Waals surface area contributed by atoms with E-state index in [1.807, 2.05) is 50.2 Å². The van der Waals surface area contributed by atoms with Crippen LogP contribution in [0.15, 0.2) is 90.1 Å². The third-order valence-corrected chi connectivity index (χ3v) is 5.11. The molecule has 0 spiro atoms. The molecule has 0 saturated carbocycles. The molecule has 0 aliphatic rings. The predicted octanol–water partition coefficient (Wildman–Crippen LogP) is 6.67. The SMILES string of the molecule is C/C(=N\OCc1cccc(F)c1)c1cc(-c2ccc(F)cc2)n(-c2ccccc2)c1C. The van der Waals surface area contributed by atoms with Crippen LogP contribution in [0.5, 0.6) is 0 Å². The molecule has 0 unspecified atom stereocenters. The molecule has 4 aromatic rings. The average Bonchev–Trinajstić information content (AvgIpc) is 3.12. The third kappa shape index (κ3) is 4.56. The number of rotatable bonds is 6. The minimum Gasteiger partial charge on any atom is -0.391 e. The van der Waals surface area contributed by atoms with Crippen LogP contribution in [0.3, 0.4) is 0 Å². The van der Waals surface area contributed by atoms with Crippen LogP contribution in [0, 0.1) is 18.6 Å². The van der Waals surface area contributed by atoms with Crippen molar-refractivity contribution >= 4 is 5.71 Å². The lowest BCUT2D eigenvalue weighted by Crippen LogP contribution is -2.02. The van der Waals surface area contributed by atoms with E-state index in [9.17, 15) is 8.78 Å². The second-order valence-electron chi connectivity index (χ2n) is 7.29. The fourth-order valence-electron chi connectivity index (χ4n) is 3.60. The summed E-state index contributed by atoms with van der Waals surface area (Å²) in [4.78, 5) is 5.48. The maximum absolute atomic E-state index is 13.5. The highest BCUT2D eigenvalue weighted by atomic mass is 19.1. The van der Waals surface area contributed by atoms with Gasteiger partial charge in [-0.1, -0.05) is 35.5 Å². The van der Waals surface area contributed by atoms with Crippen LogP contribution in [0.1, 0.15) is 23.7 Å². The van der Waals surface area contributed by atoms with E-state index in [1.54, 1.807) is 24.3 Å². The van der Waals surface area contributed by atoms with Crippen molar-refractivity contribution in [3.8, 4) is 16.9 Å². The summed E-state index contributed by atoms with van der Waals surface area (Å²) in [6.07, 6.45) is 0. The van der Waals surface area contributed by atoms with Gasteiger partial charge in [0, 0.05) is 16.9 Å². The van der Waals surface area contributed by atoms with Crippen LogP contribution >= 0.6 is 0 Å². The van der Waals surface area contributed by atoms with Gasteiger partial charge in [-0.25, -0.2) is 8.78 Å². The first-order chi connectivity index (χ1) is 15.0. The van der Waals surface area contributed by atoms with Crippen molar-refractivity contribution < 1.29 is 13.6 Å². The Kier molecular flexibility index (Phi) is 5.94. The monoisotopic (exact) mass is 416 g/mol. The maximum atomic E-state index is 13.5. The molecule has 0 saturated heterocycles. The first kappa shape index (κ1) is 20.5. The van der Waals surface area contributed by atoms with Crippen molar-refractivity contribution in [3.05, 3.63) is 113 Å². The first-order valence-corrected chi connectivity index (χ1v) is 9.98. The van der Waals surface area contributed by atoms with Crippen molar-refractivity contribution in [3.63, 3.8) is 0 Å². The van der Waals surface area contributed by atoms with Gasteiger partial charge in [-0.3, -0.25) is 0 Å². The Balaban J connectivity index is 1.70. The number of hydrogen-bond donors (Lipinski definition) is 0. The predicted molar refractivity (Wildman–Crippen MR) is 119 cm³/mol. The van der Waals surface area contributed by atoms with Gasteiger partial charge in [-0.2, -0.15) is 0 Å². The summed E-state index contributed by atoms with van der Waals surface area (Å²) in [5, 5.41) is 4.26. The zero-order valence-electron chi connectivity index (χ0n) is 17.3. The molecule has 0 aliphatic carbocycles. The fraction of sp³-hybridized carbons (Fsp3) is 0.115. The van der Waals surface area contributed by atoms with Crippen molar-refractivity contribution in [2.24, 2.45) is 5.16 Å². The minimum absolute atomic E-state index is 0.179. The normalized spacial score (nSPS) is 11.5. The molecule has 0 radical (unpaired) electrons. The summed E-state index contributed by atoms with van der Waals surface area (Å²) in [6, 6.07) is 24.7. The van der Waals surface area contributed by atoms with Crippen LogP contribution in [-0.2, 0) is 11.4 Å². The molecule has 31 heavy (non-hydrogen) atoms. The Morgan fingerprint density at radius 1 is 0.871 bits per heavy atom. The molecule has 3 nitrogen and oxygen atoms in total. The second-order valence-corrected chi connectivity index (χ2v) is 7.29. The summed E-state index contributed by atoms with van der Waals surface area (Å²) in [5.74, 6) is -0.580. The molecular weight excluding hydrogens is 394 g/mol. The largest absolute Gasteiger partial charge is 0.391 e. The smallest absolute Gasteiger partial charge is 0.142 e. The summed E-state index contributed by atoms with van der Waals surface area (Å²) >= 11 is 0. The summed E-state index contributed by atoms with van der Waals surface area (Å²) in [5.41, 5.74) is 6.14. The highest BCUT2D eigenvalue weighted by Crippen LogP contribution is 2.30. The number of benzene rings is 3. The Labute approximate surface area is 180 Å². The number of para-hydroxylation sites is 1. The maximum Gasteiger partial charge on any atom is 0.142 e. The van der Waals surface area contributed by atoms with Gasteiger partial charge in [0.25, 0.3) is 0 Å². The summed E-state index contributed by atoms with van der Waals surface area (Å²) < 4.78 is 28.9. The van der Waals surface area contributed by atoms with Gasteiger partial charge < -0.3 is 9.40 Å². The Hall–Kier alpha value is -3.73. The Morgan fingerprint density at radius 3 is 2.32 bits per heavy atom. The third-order valence-electron chi connectivity index (χ3n) is 5.11. The van der Waals surface area contributed by atoms with Gasteiger partial charge >= 0.3 is 0 Å². The highest BCUT2D eigenvalue weighted by Gasteiger charge is 2.17. The number of halogens is 2. The standard InChI is InChI=1S/C26H22F2N2O/c1-18(29-31-17-20-7-6-8-23(28)15-20)25-16-26(21-11-13-22(27)14-12-21)30(19(25)2)24-9-4-3-5-10-24/h3-16H,17H2,1-2H3/b29-18+. The molecule has 0 N–H and O–H groups in total. The lowest BCUT2D eigenvalue weighted by Gasteiger charge is -2.12. The van der Waals surface area contributed by atoms with E-state index in [4.69, 9.17) is 4.84 Å². The quantitative estimate of drug-likeness (QED) is 0.255. The minimum atomic E-state index is -0.304. The van der Waals surface area contributed by atoms with E-state index in [-0.39, 0.29) is 18.2 Å². The van der Waals surface area contributed by atoms with Gasteiger partial charge in [0.05, 0.1) is 11.4 Å². The molecular formula is C26H22F2N2O. The van der Waals surface area contributed by atoms with Crippen LogP contribution in [-0.4, -0.2) is 10.3 Å². The molecule has 4 rings (SSSR count). The number of hydrogen-bond acceptors (Lipinski definition) is 2. The molecule has 0 atom stereocenters. The van der Waals surface area contributed by atoms with E-state index in [2.05, 4.69) is 9.72 Å². The topological polar surface area (TPSA) is 26.5 Å². The van der Waals surface area contributed by atoms with Gasteiger partial charge in [-0.05, 0) is 79.6 Å². The van der Waals surface area contributed by atoms with Gasteiger partial charge in [0.1, 0.15) is 18.2 Å². The van der Waals surface area contributed by atoms with E-state index >= 15 is 0 Å². The molecule has 0 aliphatic heterocycles. The highest BCUT2D eigenvalue weighted by molar-refractivity contribution is 6.01. The Bertz CT molecular complexity index is 1210. The van der Waals surface area contributed by atoms with Crippen LogP contribution in [0.25, 0.3) is 16.9 Å². The lowest BCUT2D eigenvalue weighted by atomic mass is 10.1. The van der Waals surface area contributed by atoms with Crippen LogP contribution in [0.2, 0.25) is 0 Å². The van der Waals surface area contributed by atoms with Crippen molar-refractivity contribution in [1.82, 2.24) is 4.57 Å². The summed E-state index contributed by atoms with van der Waals surface area (Å²) in [6.45, 7) is 4.07. The molecule has 5 heteroatoms. The van der Waals surface area contributed by atoms with E-state index in [1.165, 1.54) is 24.3 Å². The molecule has 0 bridgehead atoms. The molecule has 1 heterocycles. The molecule has 0 fully saturated rings. The fourth-order valence-corrected chi connectivity index (χ4v) is 3.60. The van der Waals surface area contributed by atoms with E-state index in [0.29, 0.717) is 11.3 Å². The number of nitrogens with zero attached hydrogens (tertiary/aromatic N) is 2. The van der Waals surface area contributed by atoms with Crippen molar-refractivity contribution in [1.29, 1.82) is 0 Å². The van der Waals surface area contributed by atoms with E-state index in [0.717, 1.165) is 28.2 Å². The zero-order valence-corrected chi connectivity index (χ0v) is 17.3. The number of oxime groups is 1. The zero-order chi connectivity index (χ0) is 21.8. The number of aromatic nitrogens is 1. The average molecular weight is 416 g/mol. The van der Waals surface area contributed by atoms with E-state index < -0.39 is 0 Å². The van der Waals surface area contributed by atoms with Gasteiger partial charge in [0.2, 0.25) is 0 Å². The van der Waals surface area contributed by atoms with Crippen LogP contribution < -0.4 is 0 Å². The molecule has 0 amide bonds. The van der Waals surface area contributed by atoms with Crippen LogP contribution in [0.4, 0.5) is 8.78 Å². The molecule has 3 aromatic carbocycles. The van der Waals surface area contributed by atoms with Gasteiger partial charge in [-0.15, -0.1) is 0 Å². The second kappa shape index (κ2) is 8.96. The van der Waals surface area contributed by atoms with Gasteiger partial charge in [0.15, 0.2) is 0 Å². The Morgan fingerprint density at radius 2 is 1.61 bits per heavy atom. The van der Waals surface area contributed by atoms with Crippen molar-refractivity contribution in [2.45, 2.75) is 20.5 Å².